The summed E-state index contributed by atoms with van der Waals surface area (Å²) in [7, 11) is 0. The van der Waals surface area contributed by atoms with E-state index in [4.69, 9.17) is 5.11 Å². The van der Waals surface area contributed by atoms with Gasteiger partial charge in [0.25, 0.3) is 0 Å². The summed E-state index contributed by atoms with van der Waals surface area (Å²) in [4.78, 5) is 11.0. The molecule has 3 atom stereocenters. The Bertz CT molecular complexity index is 194. The van der Waals surface area contributed by atoms with Gasteiger partial charge in [0.15, 0.2) is 0 Å². The first-order valence-corrected chi connectivity index (χ1v) is 6.47. The standard InChI is InChI=1S/C11H20O2S/c1-3-8(2)14-10-7-5-4-6-9(10)11(12)13/h8-10H,3-7H2,1-2H3,(H,12,13). The monoisotopic (exact) mass is 216 g/mol. The molecule has 0 heterocycles. The van der Waals surface area contributed by atoms with Gasteiger partial charge >= 0.3 is 5.97 Å². The third-order valence-corrected chi connectivity index (χ3v) is 4.71. The largest absolute Gasteiger partial charge is 0.481 e. The van der Waals surface area contributed by atoms with Crippen molar-refractivity contribution in [3.63, 3.8) is 0 Å². The van der Waals surface area contributed by atoms with Crippen molar-refractivity contribution in [3.05, 3.63) is 0 Å². The zero-order valence-corrected chi connectivity index (χ0v) is 9.85. The van der Waals surface area contributed by atoms with Crippen molar-refractivity contribution >= 4 is 17.7 Å². The van der Waals surface area contributed by atoms with Crippen molar-refractivity contribution in [1.82, 2.24) is 0 Å². The maximum Gasteiger partial charge on any atom is 0.307 e. The van der Waals surface area contributed by atoms with E-state index in [1.807, 2.05) is 11.8 Å². The highest BCUT2D eigenvalue weighted by Gasteiger charge is 2.31. The summed E-state index contributed by atoms with van der Waals surface area (Å²) in [5, 5.41) is 10.0. The molecule has 82 valence electrons. The maximum absolute atomic E-state index is 11.0. The third kappa shape index (κ3) is 3.19. The molecule has 1 aliphatic rings. The maximum atomic E-state index is 11.0. The summed E-state index contributed by atoms with van der Waals surface area (Å²) in [5.41, 5.74) is 0. The molecule has 0 bridgehead atoms. The van der Waals surface area contributed by atoms with E-state index >= 15 is 0 Å². The van der Waals surface area contributed by atoms with Crippen molar-refractivity contribution < 1.29 is 9.90 Å². The first-order chi connectivity index (χ1) is 6.65. The highest BCUT2D eigenvalue weighted by molar-refractivity contribution is 8.00. The van der Waals surface area contributed by atoms with E-state index in [0.29, 0.717) is 10.5 Å². The Morgan fingerprint density at radius 2 is 2.14 bits per heavy atom. The van der Waals surface area contributed by atoms with Crippen LogP contribution in [0.15, 0.2) is 0 Å². The minimum Gasteiger partial charge on any atom is -0.481 e. The molecule has 0 spiro atoms. The van der Waals surface area contributed by atoms with Crippen LogP contribution in [0.3, 0.4) is 0 Å². The number of thioether (sulfide) groups is 1. The van der Waals surface area contributed by atoms with Crippen molar-refractivity contribution in [3.8, 4) is 0 Å². The number of aliphatic carboxylic acids is 1. The van der Waals surface area contributed by atoms with Crippen molar-refractivity contribution in [1.29, 1.82) is 0 Å². The Balaban J connectivity index is 2.49. The quantitative estimate of drug-likeness (QED) is 0.784. The average molecular weight is 216 g/mol. The summed E-state index contributed by atoms with van der Waals surface area (Å²) in [6.07, 6.45) is 5.40. The Morgan fingerprint density at radius 1 is 1.50 bits per heavy atom. The highest BCUT2D eigenvalue weighted by atomic mass is 32.2. The second kappa shape index (κ2) is 5.64. The molecule has 0 aromatic heterocycles. The first kappa shape index (κ1) is 11.9. The Kier molecular flexibility index (Phi) is 4.79. The lowest BCUT2D eigenvalue weighted by Crippen LogP contribution is -2.30. The van der Waals surface area contributed by atoms with E-state index in [0.717, 1.165) is 25.7 Å². The molecule has 1 N–H and O–H groups in total. The first-order valence-electron chi connectivity index (χ1n) is 5.53. The van der Waals surface area contributed by atoms with Gasteiger partial charge in [0.2, 0.25) is 0 Å². The fourth-order valence-electron chi connectivity index (χ4n) is 1.94. The van der Waals surface area contributed by atoms with Crippen LogP contribution >= 0.6 is 11.8 Å². The fourth-order valence-corrected chi connectivity index (χ4v) is 3.47. The van der Waals surface area contributed by atoms with Crippen LogP contribution < -0.4 is 0 Å². The van der Waals surface area contributed by atoms with Gasteiger partial charge in [-0.15, -0.1) is 0 Å². The van der Waals surface area contributed by atoms with Crippen LogP contribution in [0.4, 0.5) is 0 Å². The van der Waals surface area contributed by atoms with Crippen LogP contribution in [0.5, 0.6) is 0 Å². The van der Waals surface area contributed by atoms with Gasteiger partial charge in [0.05, 0.1) is 5.92 Å². The summed E-state index contributed by atoms with van der Waals surface area (Å²) >= 11 is 1.88. The number of carboxylic acid groups (broad SMARTS) is 1. The number of rotatable bonds is 4. The second-order valence-electron chi connectivity index (χ2n) is 4.12. The molecule has 0 aliphatic heterocycles. The van der Waals surface area contributed by atoms with Crippen molar-refractivity contribution in [2.45, 2.75) is 56.5 Å². The summed E-state index contributed by atoms with van der Waals surface area (Å²) < 4.78 is 0. The van der Waals surface area contributed by atoms with Gasteiger partial charge in [-0.25, -0.2) is 0 Å². The molecule has 0 saturated heterocycles. The number of carbonyl (C=O) groups is 1. The minimum atomic E-state index is -0.592. The molecule has 2 nitrogen and oxygen atoms in total. The molecule has 1 rings (SSSR count). The van der Waals surface area contributed by atoms with Crippen molar-refractivity contribution in [2.75, 3.05) is 0 Å². The smallest absolute Gasteiger partial charge is 0.307 e. The molecule has 0 amide bonds. The molecule has 1 saturated carbocycles. The lowest BCUT2D eigenvalue weighted by atomic mass is 9.89. The fraction of sp³-hybridized carbons (Fsp3) is 0.909. The SMILES string of the molecule is CCC(C)SC1CCCCC1C(=O)O. The van der Waals surface area contributed by atoms with E-state index < -0.39 is 5.97 Å². The summed E-state index contributed by atoms with van der Waals surface area (Å²) in [6.45, 7) is 4.36. The van der Waals surface area contributed by atoms with Gasteiger partial charge < -0.3 is 5.11 Å². The normalized spacial score (nSPS) is 29.9. The summed E-state index contributed by atoms with van der Waals surface area (Å²) in [5.74, 6) is -0.687. The van der Waals surface area contributed by atoms with Gasteiger partial charge in [-0.3, -0.25) is 4.79 Å². The van der Waals surface area contributed by atoms with E-state index in [1.54, 1.807) is 0 Å². The highest BCUT2D eigenvalue weighted by Crippen LogP contribution is 2.36. The topological polar surface area (TPSA) is 37.3 Å². The molecule has 0 aromatic carbocycles. The lowest BCUT2D eigenvalue weighted by Gasteiger charge is -2.29. The van der Waals surface area contributed by atoms with Gasteiger partial charge in [-0.2, -0.15) is 11.8 Å². The van der Waals surface area contributed by atoms with Crippen LogP contribution in [-0.4, -0.2) is 21.6 Å². The van der Waals surface area contributed by atoms with E-state index in [2.05, 4.69) is 13.8 Å². The molecule has 14 heavy (non-hydrogen) atoms. The second-order valence-corrected chi connectivity index (χ2v) is 5.80. The third-order valence-electron chi connectivity index (χ3n) is 3.00. The zero-order chi connectivity index (χ0) is 10.6. The molecular formula is C11H20O2S. The van der Waals surface area contributed by atoms with Crippen molar-refractivity contribution in [2.24, 2.45) is 5.92 Å². The van der Waals surface area contributed by atoms with Crippen LogP contribution in [0, 0.1) is 5.92 Å². The van der Waals surface area contributed by atoms with Gasteiger partial charge in [0, 0.05) is 10.5 Å². The van der Waals surface area contributed by atoms with Crippen LogP contribution in [0.1, 0.15) is 46.0 Å². The van der Waals surface area contributed by atoms with Gasteiger partial charge in [0.1, 0.15) is 0 Å². The van der Waals surface area contributed by atoms with Crippen LogP contribution in [0.2, 0.25) is 0 Å². The number of carboxylic acids is 1. The molecule has 3 heteroatoms. The lowest BCUT2D eigenvalue weighted by molar-refractivity contribution is -0.142. The van der Waals surface area contributed by atoms with E-state index in [-0.39, 0.29) is 5.92 Å². The predicted molar refractivity (Wildman–Crippen MR) is 60.7 cm³/mol. The molecule has 1 aliphatic carbocycles. The van der Waals surface area contributed by atoms with E-state index in [9.17, 15) is 4.79 Å². The molecule has 0 aromatic rings. The summed E-state index contributed by atoms with van der Waals surface area (Å²) in [6, 6.07) is 0. The van der Waals surface area contributed by atoms with Crippen LogP contribution in [0.25, 0.3) is 0 Å². The average Bonchev–Trinajstić information content (AvgIpc) is 2.18. The zero-order valence-electron chi connectivity index (χ0n) is 9.03. The predicted octanol–water partition coefficient (Wildman–Crippen LogP) is 3.16. The Morgan fingerprint density at radius 3 is 2.71 bits per heavy atom. The minimum absolute atomic E-state index is 0.0947. The van der Waals surface area contributed by atoms with Crippen LogP contribution in [-0.2, 0) is 4.79 Å². The van der Waals surface area contributed by atoms with E-state index in [1.165, 1.54) is 6.42 Å². The van der Waals surface area contributed by atoms with Gasteiger partial charge in [-0.1, -0.05) is 26.7 Å². The number of hydrogen-bond donors (Lipinski definition) is 1. The molecule has 1 fully saturated rings. The molecular weight excluding hydrogens is 196 g/mol. The Hall–Kier alpha value is -0.180. The number of hydrogen-bond acceptors (Lipinski definition) is 2. The molecule has 3 unspecified atom stereocenters. The molecule has 0 radical (unpaired) electrons. The van der Waals surface area contributed by atoms with Gasteiger partial charge in [-0.05, 0) is 19.3 Å². The Labute approximate surface area is 90.5 Å².